The molecule has 1 aromatic carbocycles. The smallest absolute Gasteiger partial charge is 0.276 e. The number of aryl methyl sites for hydroxylation is 1. The van der Waals surface area contributed by atoms with Gasteiger partial charge in [-0.1, -0.05) is 29.3 Å². The molecule has 0 unspecified atom stereocenters. The molecule has 1 saturated heterocycles. The number of nitrogens with zero attached hydrogens (tertiary/aromatic N) is 4. The molecule has 0 atom stereocenters. The Balaban J connectivity index is 1.64. The van der Waals surface area contributed by atoms with E-state index in [9.17, 15) is 9.18 Å². The molecule has 0 N–H and O–H groups in total. The van der Waals surface area contributed by atoms with Crippen molar-refractivity contribution in [3.05, 3.63) is 51.0 Å². The van der Waals surface area contributed by atoms with Gasteiger partial charge in [0.2, 0.25) is 0 Å². The van der Waals surface area contributed by atoms with E-state index < -0.39 is 0 Å². The first-order valence-electron chi connectivity index (χ1n) is 8.02. The van der Waals surface area contributed by atoms with Crippen molar-refractivity contribution >= 4 is 29.1 Å². The van der Waals surface area contributed by atoms with Crippen LogP contribution in [0.5, 0.6) is 0 Å². The number of rotatable bonds is 3. The van der Waals surface area contributed by atoms with Gasteiger partial charge in [-0.25, -0.2) is 4.39 Å². The number of carbonyl (C=O) groups is 1. The fourth-order valence-corrected chi connectivity index (χ4v) is 3.35. The predicted octanol–water partition coefficient (Wildman–Crippen LogP) is 3.13. The lowest BCUT2D eigenvalue weighted by Gasteiger charge is -2.34. The number of carbonyl (C=O) groups excluding carboxylic acids is 1. The average Bonchev–Trinajstić information content (AvgIpc) is 2.86. The standard InChI is InChI=1S/C17H19Cl2FN4O/c1-11-15(19)16(21-22(11)2)17(25)24-8-6-23(7-9-24)10-12-13(18)4-3-5-14(12)20/h3-5H,6-10H2,1-2H3. The van der Waals surface area contributed by atoms with Gasteiger partial charge < -0.3 is 4.90 Å². The minimum atomic E-state index is -0.304. The van der Waals surface area contributed by atoms with E-state index in [4.69, 9.17) is 23.2 Å². The molecule has 8 heteroatoms. The van der Waals surface area contributed by atoms with Crippen molar-refractivity contribution in [2.45, 2.75) is 13.5 Å². The molecule has 1 aliphatic heterocycles. The van der Waals surface area contributed by atoms with Crippen LogP contribution in [0.25, 0.3) is 0 Å². The van der Waals surface area contributed by atoms with E-state index in [0.29, 0.717) is 48.3 Å². The summed E-state index contributed by atoms with van der Waals surface area (Å²) in [5, 5.41) is 5.03. The highest BCUT2D eigenvalue weighted by molar-refractivity contribution is 6.34. The Bertz CT molecular complexity index is 780. The molecular formula is C17H19Cl2FN4O. The highest BCUT2D eigenvalue weighted by Gasteiger charge is 2.27. The Morgan fingerprint density at radius 3 is 2.48 bits per heavy atom. The van der Waals surface area contributed by atoms with Crippen LogP contribution in [0.1, 0.15) is 21.7 Å². The Morgan fingerprint density at radius 2 is 1.92 bits per heavy atom. The average molecular weight is 385 g/mol. The SMILES string of the molecule is Cc1c(Cl)c(C(=O)N2CCN(Cc3c(F)cccc3Cl)CC2)nn1C. The third kappa shape index (κ3) is 3.66. The van der Waals surface area contributed by atoms with E-state index in [1.54, 1.807) is 28.8 Å². The van der Waals surface area contributed by atoms with Gasteiger partial charge in [-0.05, 0) is 19.1 Å². The van der Waals surface area contributed by atoms with Gasteiger partial charge in [0.25, 0.3) is 5.91 Å². The fraction of sp³-hybridized carbons (Fsp3) is 0.412. The molecule has 5 nitrogen and oxygen atoms in total. The van der Waals surface area contributed by atoms with Gasteiger partial charge in [0.15, 0.2) is 5.69 Å². The first kappa shape index (κ1) is 18.2. The third-order valence-electron chi connectivity index (χ3n) is 4.57. The maximum Gasteiger partial charge on any atom is 0.276 e. The number of benzene rings is 1. The molecule has 0 saturated carbocycles. The first-order chi connectivity index (χ1) is 11.9. The third-order valence-corrected chi connectivity index (χ3v) is 5.37. The molecule has 134 valence electrons. The molecule has 0 spiro atoms. The summed E-state index contributed by atoms with van der Waals surface area (Å²) < 4.78 is 15.5. The summed E-state index contributed by atoms with van der Waals surface area (Å²) in [5.74, 6) is -0.473. The Morgan fingerprint density at radius 1 is 1.24 bits per heavy atom. The lowest BCUT2D eigenvalue weighted by molar-refractivity contribution is 0.0620. The molecule has 0 radical (unpaired) electrons. The fourth-order valence-electron chi connectivity index (χ4n) is 2.88. The quantitative estimate of drug-likeness (QED) is 0.815. The van der Waals surface area contributed by atoms with Gasteiger partial charge in [0.05, 0.1) is 10.7 Å². The van der Waals surface area contributed by atoms with Crippen molar-refractivity contribution in [2.75, 3.05) is 26.2 Å². The monoisotopic (exact) mass is 384 g/mol. The first-order valence-corrected chi connectivity index (χ1v) is 8.77. The second-order valence-corrected chi connectivity index (χ2v) is 6.93. The number of aromatic nitrogens is 2. The molecule has 2 aromatic rings. The molecule has 1 fully saturated rings. The molecule has 25 heavy (non-hydrogen) atoms. The van der Waals surface area contributed by atoms with Crippen LogP contribution in [0.3, 0.4) is 0 Å². The summed E-state index contributed by atoms with van der Waals surface area (Å²) in [6.45, 7) is 4.60. The topological polar surface area (TPSA) is 41.4 Å². The molecular weight excluding hydrogens is 366 g/mol. The van der Waals surface area contributed by atoms with E-state index in [-0.39, 0.29) is 17.4 Å². The number of hydrogen-bond acceptors (Lipinski definition) is 3. The van der Waals surface area contributed by atoms with Gasteiger partial charge in [-0.2, -0.15) is 5.10 Å². The summed E-state index contributed by atoms with van der Waals surface area (Å²) in [7, 11) is 1.76. The molecule has 1 aromatic heterocycles. The van der Waals surface area contributed by atoms with Crippen molar-refractivity contribution in [3.8, 4) is 0 Å². The Kier molecular flexibility index (Phi) is 5.32. The molecule has 0 aliphatic carbocycles. The number of amides is 1. The minimum Gasteiger partial charge on any atom is -0.335 e. The lowest BCUT2D eigenvalue weighted by Crippen LogP contribution is -2.48. The van der Waals surface area contributed by atoms with Crippen molar-refractivity contribution in [1.29, 1.82) is 0 Å². The van der Waals surface area contributed by atoms with E-state index in [1.807, 2.05) is 6.92 Å². The van der Waals surface area contributed by atoms with E-state index in [0.717, 1.165) is 5.69 Å². The maximum absolute atomic E-state index is 13.9. The van der Waals surface area contributed by atoms with Crippen LogP contribution >= 0.6 is 23.2 Å². The van der Waals surface area contributed by atoms with Gasteiger partial charge in [-0.3, -0.25) is 14.4 Å². The molecule has 0 bridgehead atoms. The normalized spacial score (nSPS) is 15.6. The Labute approximate surface area is 155 Å². The molecule has 3 rings (SSSR count). The summed E-state index contributed by atoms with van der Waals surface area (Å²) in [6.07, 6.45) is 0. The highest BCUT2D eigenvalue weighted by atomic mass is 35.5. The number of halogens is 3. The zero-order valence-electron chi connectivity index (χ0n) is 14.1. The minimum absolute atomic E-state index is 0.169. The number of piperazine rings is 1. The van der Waals surface area contributed by atoms with Gasteiger partial charge in [0.1, 0.15) is 5.82 Å². The largest absolute Gasteiger partial charge is 0.335 e. The number of hydrogen-bond donors (Lipinski definition) is 0. The van der Waals surface area contributed by atoms with Gasteiger partial charge in [-0.15, -0.1) is 0 Å². The van der Waals surface area contributed by atoms with Crippen LogP contribution < -0.4 is 0 Å². The van der Waals surface area contributed by atoms with Crippen LogP contribution in [0.15, 0.2) is 18.2 Å². The van der Waals surface area contributed by atoms with Crippen molar-refractivity contribution in [3.63, 3.8) is 0 Å². The molecule has 2 heterocycles. The van der Waals surface area contributed by atoms with Crippen LogP contribution in [-0.2, 0) is 13.6 Å². The van der Waals surface area contributed by atoms with E-state index in [2.05, 4.69) is 10.00 Å². The van der Waals surface area contributed by atoms with Crippen molar-refractivity contribution < 1.29 is 9.18 Å². The summed E-state index contributed by atoms with van der Waals surface area (Å²) in [5.41, 5.74) is 1.54. The molecule has 1 aliphatic rings. The van der Waals surface area contributed by atoms with Crippen LogP contribution in [-0.4, -0.2) is 51.7 Å². The zero-order valence-corrected chi connectivity index (χ0v) is 15.6. The van der Waals surface area contributed by atoms with Gasteiger partial charge in [0, 0.05) is 50.4 Å². The second-order valence-electron chi connectivity index (χ2n) is 6.14. The van der Waals surface area contributed by atoms with Crippen LogP contribution in [0.2, 0.25) is 10.0 Å². The summed E-state index contributed by atoms with van der Waals surface area (Å²) >= 11 is 12.3. The zero-order chi connectivity index (χ0) is 18.1. The predicted molar refractivity (Wildman–Crippen MR) is 95.5 cm³/mol. The van der Waals surface area contributed by atoms with Crippen molar-refractivity contribution in [1.82, 2.24) is 19.6 Å². The van der Waals surface area contributed by atoms with E-state index in [1.165, 1.54) is 6.07 Å². The Hall–Kier alpha value is -1.63. The van der Waals surface area contributed by atoms with Crippen molar-refractivity contribution in [2.24, 2.45) is 7.05 Å². The maximum atomic E-state index is 13.9. The van der Waals surface area contributed by atoms with Crippen LogP contribution in [0, 0.1) is 12.7 Å². The second kappa shape index (κ2) is 7.32. The summed E-state index contributed by atoms with van der Waals surface area (Å²) in [4.78, 5) is 16.4. The molecule has 1 amide bonds. The highest BCUT2D eigenvalue weighted by Crippen LogP contribution is 2.23. The summed E-state index contributed by atoms with van der Waals surface area (Å²) in [6, 6.07) is 4.69. The van der Waals surface area contributed by atoms with Gasteiger partial charge >= 0.3 is 0 Å². The van der Waals surface area contributed by atoms with Crippen LogP contribution in [0.4, 0.5) is 4.39 Å². The lowest BCUT2D eigenvalue weighted by atomic mass is 10.1. The van der Waals surface area contributed by atoms with E-state index >= 15 is 0 Å².